The van der Waals surface area contributed by atoms with Crippen molar-refractivity contribution in [3.63, 3.8) is 0 Å². The fourth-order valence-corrected chi connectivity index (χ4v) is 3.60. The summed E-state index contributed by atoms with van der Waals surface area (Å²) in [5.74, 6) is -0.161. The van der Waals surface area contributed by atoms with Crippen LogP contribution in [0.3, 0.4) is 0 Å². The van der Waals surface area contributed by atoms with E-state index in [1.54, 1.807) is 17.9 Å². The summed E-state index contributed by atoms with van der Waals surface area (Å²) in [6.07, 6.45) is 0. The number of nitrogens with one attached hydrogen (secondary N) is 1. The molecule has 1 saturated heterocycles. The Kier molecular flexibility index (Phi) is 4.89. The zero-order chi connectivity index (χ0) is 16.5. The molecule has 1 aliphatic rings. The van der Waals surface area contributed by atoms with E-state index in [-0.39, 0.29) is 16.8 Å². The largest absolute Gasteiger partial charge is 0.377 e. The smallest absolute Gasteiger partial charge is 0.254 e. The van der Waals surface area contributed by atoms with Gasteiger partial charge in [-0.25, -0.2) is 13.1 Å². The van der Waals surface area contributed by atoms with E-state index in [0.29, 0.717) is 30.9 Å². The lowest BCUT2D eigenvalue weighted by atomic mass is 10.0. The third-order valence-electron chi connectivity index (χ3n) is 4.05. The summed E-state index contributed by atoms with van der Waals surface area (Å²) in [5.41, 5.74) is 1.83. The fraction of sp³-hybridized carbons (Fsp3) is 0.533. The number of hydrogen-bond donors (Lipinski definition) is 1. The summed E-state index contributed by atoms with van der Waals surface area (Å²) < 4.78 is 31.9. The summed E-state index contributed by atoms with van der Waals surface area (Å²) in [4.78, 5) is 14.6. The Bertz CT molecular complexity index is 685. The van der Waals surface area contributed by atoms with Crippen molar-refractivity contribution in [2.45, 2.75) is 31.7 Å². The van der Waals surface area contributed by atoms with Crippen LogP contribution in [0.1, 0.15) is 28.4 Å². The average molecular weight is 326 g/mol. The summed E-state index contributed by atoms with van der Waals surface area (Å²) in [6, 6.07) is 3.18. The number of morpholine rings is 1. The highest BCUT2D eigenvalue weighted by Crippen LogP contribution is 2.23. The topological polar surface area (TPSA) is 75.7 Å². The van der Waals surface area contributed by atoms with Crippen LogP contribution in [0.2, 0.25) is 0 Å². The number of aryl methyl sites for hydroxylation is 1. The molecular formula is C15H22N2O4S. The van der Waals surface area contributed by atoms with Crippen molar-refractivity contribution in [2.24, 2.45) is 0 Å². The Morgan fingerprint density at radius 3 is 2.64 bits per heavy atom. The molecule has 22 heavy (non-hydrogen) atoms. The predicted molar refractivity (Wildman–Crippen MR) is 83.5 cm³/mol. The Hall–Kier alpha value is -1.44. The first-order chi connectivity index (χ1) is 10.3. The summed E-state index contributed by atoms with van der Waals surface area (Å²) in [5, 5.41) is 0. The van der Waals surface area contributed by atoms with Crippen LogP contribution in [-0.2, 0) is 14.8 Å². The number of carbonyl (C=O) groups excluding carboxylic acids is 1. The molecular weight excluding hydrogens is 304 g/mol. The Balaban J connectivity index is 2.46. The zero-order valence-corrected chi connectivity index (χ0v) is 14.2. The van der Waals surface area contributed by atoms with E-state index in [1.165, 1.54) is 13.1 Å². The van der Waals surface area contributed by atoms with Gasteiger partial charge in [0.25, 0.3) is 5.91 Å². The van der Waals surface area contributed by atoms with Gasteiger partial charge in [-0.3, -0.25) is 4.79 Å². The Labute approximate surface area is 131 Å². The standard InChI is InChI=1S/C15H22N2O4S/c1-10-7-13(8-14(12(10)3)22(19,20)16-4)15(18)17-5-6-21-9-11(17)2/h7-8,11,16H,5-6,9H2,1-4H3/t11-/m0/s1. The average Bonchev–Trinajstić information content (AvgIpc) is 2.49. The molecule has 2 rings (SSSR count). The van der Waals surface area contributed by atoms with E-state index in [4.69, 9.17) is 4.74 Å². The van der Waals surface area contributed by atoms with Crippen LogP contribution in [0.25, 0.3) is 0 Å². The maximum Gasteiger partial charge on any atom is 0.254 e. The van der Waals surface area contributed by atoms with Gasteiger partial charge in [-0.15, -0.1) is 0 Å². The van der Waals surface area contributed by atoms with Crippen molar-refractivity contribution < 1.29 is 17.9 Å². The highest BCUT2D eigenvalue weighted by molar-refractivity contribution is 7.89. The van der Waals surface area contributed by atoms with E-state index in [9.17, 15) is 13.2 Å². The molecule has 6 nitrogen and oxygen atoms in total. The van der Waals surface area contributed by atoms with Crippen LogP contribution in [0.5, 0.6) is 0 Å². The quantitative estimate of drug-likeness (QED) is 0.901. The second-order valence-electron chi connectivity index (χ2n) is 5.55. The van der Waals surface area contributed by atoms with E-state index in [1.807, 2.05) is 13.8 Å². The molecule has 7 heteroatoms. The number of rotatable bonds is 3. The summed E-state index contributed by atoms with van der Waals surface area (Å²) in [7, 11) is -2.23. The number of ether oxygens (including phenoxy) is 1. The van der Waals surface area contributed by atoms with Gasteiger partial charge >= 0.3 is 0 Å². The van der Waals surface area contributed by atoms with Gasteiger partial charge in [0, 0.05) is 12.1 Å². The molecule has 0 aromatic heterocycles. The minimum absolute atomic E-state index is 0.0211. The SMILES string of the molecule is CNS(=O)(=O)c1cc(C(=O)N2CCOC[C@@H]2C)cc(C)c1C. The molecule has 1 N–H and O–H groups in total. The molecule has 122 valence electrons. The van der Waals surface area contributed by atoms with Gasteiger partial charge in [-0.05, 0) is 51.1 Å². The highest BCUT2D eigenvalue weighted by Gasteiger charge is 2.27. The zero-order valence-electron chi connectivity index (χ0n) is 13.3. The lowest BCUT2D eigenvalue weighted by Gasteiger charge is -2.33. The Morgan fingerprint density at radius 2 is 2.05 bits per heavy atom. The van der Waals surface area contributed by atoms with Crippen molar-refractivity contribution in [1.29, 1.82) is 0 Å². The summed E-state index contributed by atoms with van der Waals surface area (Å²) >= 11 is 0. The lowest BCUT2D eigenvalue weighted by molar-refractivity contribution is 0.00357. The van der Waals surface area contributed by atoms with Crippen molar-refractivity contribution in [2.75, 3.05) is 26.8 Å². The maximum atomic E-state index is 12.7. The van der Waals surface area contributed by atoms with Crippen LogP contribution >= 0.6 is 0 Å². The normalized spacial score (nSPS) is 19.3. The van der Waals surface area contributed by atoms with Gasteiger partial charge in [0.1, 0.15) is 0 Å². The molecule has 0 radical (unpaired) electrons. The number of nitrogens with zero attached hydrogens (tertiary/aromatic N) is 1. The maximum absolute atomic E-state index is 12.7. The molecule has 1 fully saturated rings. The Morgan fingerprint density at radius 1 is 1.36 bits per heavy atom. The van der Waals surface area contributed by atoms with Crippen LogP contribution in [0.4, 0.5) is 0 Å². The molecule has 1 heterocycles. The van der Waals surface area contributed by atoms with Crippen molar-refractivity contribution in [3.8, 4) is 0 Å². The highest BCUT2D eigenvalue weighted by atomic mass is 32.2. The van der Waals surface area contributed by atoms with Crippen LogP contribution < -0.4 is 4.72 Å². The molecule has 0 aliphatic carbocycles. The molecule has 1 aromatic carbocycles. The second kappa shape index (κ2) is 6.36. The minimum Gasteiger partial charge on any atom is -0.377 e. The molecule has 0 saturated carbocycles. The van der Waals surface area contributed by atoms with E-state index < -0.39 is 10.0 Å². The molecule has 1 amide bonds. The van der Waals surface area contributed by atoms with Crippen molar-refractivity contribution in [1.82, 2.24) is 9.62 Å². The van der Waals surface area contributed by atoms with E-state index in [2.05, 4.69) is 4.72 Å². The minimum atomic E-state index is -3.60. The molecule has 1 aliphatic heterocycles. The monoisotopic (exact) mass is 326 g/mol. The van der Waals surface area contributed by atoms with Gasteiger partial charge in [0.15, 0.2) is 0 Å². The molecule has 0 unspecified atom stereocenters. The first kappa shape index (κ1) is 16.9. The number of carbonyl (C=O) groups is 1. The van der Waals surface area contributed by atoms with Gasteiger partial charge in [-0.2, -0.15) is 0 Å². The fourth-order valence-electron chi connectivity index (χ4n) is 2.53. The third-order valence-corrected chi connectivity index (χ3v) is 5.59. The number of amides is 1. The van der Waals surface area contributed by atoms with Gasteiger partial charge in [-0.1, -0.05) is 0 Å². The first-order valence-corrected chi connectivity index (χ1v) is 8.69. The van der Waals surface area contributed by atoms with Crippen LogP contribution in [0.15, 0.2) is 17.0 Å². The van der Waals surface area contributed by atoms with Crippen LogP contribution in [0, 0.1) is 13.8 Å². The predicted octanol–water partition coefficient (Wildman–Crippen LogP) is 1.07. The van der Waals surface area contributed by atoms with Crippen molar-refractivity contribution in [3.05, 3.63) is 28.8 Å². The molecule has 0 bridgehead atoms. The van der Waals surface area contributed by atoms with Gasteiger partial charge < -0.3 is 9.64 Å². The van der Waals surface area contributed by atoms with E-state index in [0.717, 1.165) is 5.56 Å². The molecule has 1 atom stereocenters. The lowest BCUT2D eigenvalue weighted by Crippen LogP contribution is -2.47. The van der Waals surface area contributed by atoms with Crippen molar-refractivity contribution >= 4 is 15.9 Å². The number of hydrogen-bond acceptors (Lipinski definition) is 4. The molecule has 0 spiro atoms. The first-order valence-electron chi connectivity index (χ1n) is 7.21. The van der Waals surface area contributed by atoms with Gasteiger partial charge in [0.05, 0.1) is 24.2 Å². The van der Waals surface area contributed by atoms with E-state index >= 15 is 0 Å². The number of benzene rings is 1. The van der Waals surface area contributed by atoms with Crippen LogP contribution in [-0.4, -0.2) is 52.1 Å². The summed E-state index contributed by atoms with van der Waals surface area (Å²) in [6.45, 7) is 6.99. The second-order valence-corrected chi connectivity index (χ2v) is 7.40. The third kappa shape index (κ3) is 3.16. The van der Waals surface area contributed by atoms with Gasteiger partial charge in [0.2, 0.25) is 10.0 Å². The molecule has 1 aromatic rings. The number of sulfonamides is 1.